The van der Waals surface area contributed by atoms with Crippen LogP contribution in [-0.4, -0.2) is 72.1 Å². The Balaban J connectivity index is 1.66. The average molecular weight is 310 g/mol. The summed E-state index contributed by atoms with van der Waals surface area (Å²) in [6.07, 6.45) is 4.98. The number of carbonyl (C=O) groups is 2. The molecule has 3 heterocycles. The molecule has 7 heteroatoms. The maximum Gasteiger partial charge on any atom is 0.237 e. The standard InChI is InChI=1S/C15H26N4O3/c16-13(20)10-18-6-7-22-12(8-18)9-19-11-2-1-4-15(19,5-3-11)14(17)21/h11-12H,1-10H2,(H2,16,20)(H2,17,21)/t11-,12?,15+/m1/s1. The molecule has 7 nitrogen and oxygen atoms in total. The van der Waals surface area contributed by atoms with Crippen LogP contribution in [0.3, 0.4) is 0 Å². The molecule has 3 aliphatic heterocycles. The van der Waals surface area contributed by atoms with E-state index in [1.54, 1.807) is 0 Å². The molecule has 2 amide bonds. The van der Waals surface area contributed by atoms with Crippen LogP contribution in [0.15, 0.2) is 0 Å². The van der Waals surface area contributed by atoms with E-state index in [1.807, 2.05) is 4.90 Å². The van der Waals surface area contributed by atoms with Gasteiger partial charge < -0.3 is 16.2 Å². The van der Waals surface area contributed by atoms with Crippen molar-refractivity contribution in [3.63, 3.8) is 0 Å². The Morgan fingerprint density at radius 3 is 2.77 bits per heavy atom. The highest BCUT2D eigenvalue weighted by atomic mass is 16.5. The van der Waals surface area contributed by atoms with Crippen molar-refractivity contribution in [1.82, 2.24) is 9.80 Å². The van der Waals surface area contributed by atoms with Gasteiger partial charge in [-0.15, -0.1) is 0 Å². The van der Waals surface area contributed by atoms with Crippen molar-refractivity contribution >= 4 is 11.8 Å². The van der Waals surface area contributed by atoms with Crippen LogP contribution < -0.4 is 11.5 Å². The van der Waals surface area contributed by atoms with Gasteiger partial charge in [0.1, 0.15) is 5.54 Å². The van der Waals surface area contributed by atoms with Crippen LogP contribution in [0.1, 0.15) is 32.1 Å². The summed E-state index contributed by atoms with van der Waals surface area (Å²) in [7, 11) is 0. The Bertz CT molecular complexity index is 454. The third-order valence-corrected chi connectivity index (χ3v) is 5.47. The Kier molecular flexibility index (Phi) is 4.38. The highest BCUT2D eigenvalue weighted by Gasteiger charge is 2.53. The Labute approximate surface area is 130 Å². The monoisotopic (exact) mass is 310 g/mol. The zero-order chi connectivity index (χ0) is 15.7. The Morgan fingerprint density at radius 1 is 1.23 bits per heavy atom. The molecule has 3 atom stereocenters. The van der Waals surface area contributed by atoms with E-state index in [2.05, 4.69) is 4.90 Å². The van der Waals surface area contributed by atoms with E-state index in [9.17, 15) is 9.59 Å². The van der Waals surface area contributed by atoms with Crippen molar-refractivity contribution in [2.45, 2.75) is 49.8 Å². The smallest absolute Gasteiger partial charge is 0.237 e. The van der Waals surface area contributed by atoms with Crippen LogP contribution in [0, 0.1) is 0 Å². The zero-order valence-corrected chi connectivity index (χ0v) is 13.0. The van der Waals surface area contributed by atoms with Gasteiger partial charge in [0.2, 0.25) is 11.8 Å². The molecule has 0 aliphatic carbocycles. The van der Waals surface area contributed by atoms with Crippen molar-refractivity contribution in [1.29, 1.82) is 0 Å². The van der Waals surface area contributed by atoms with E-state index in [0.717, 1.165) is 38.6 Å². The molecule has 22 heavy (non-hydrogen) atoms. The molecule has 0 spiro atoms. The summed E-state index contributed by atoms with van der Waals surface area (Å²) in [6.45, 7) is 2.98. The van der Waals surface area contributed by atoms with E-state index in [1.165, 1.54) is 0 Å². The number of fused-ring (bicyclic) bond motifs is 2. The second-order valence-corrected chi connectivity index (χ2v) is 6.83. The van der Waals surface area contributed by atoms with Gasteiger partial charge >= 0.3 is 0 Å². The van der Waals surface area contributed by atoms with Crippen molar-refractivity contribution < 1.29 is 14.3 Å². The number of amides is 2. The number of hydrogen-bond donors (Lipinski definition) is 2. The van der Waals surface area contributed by atoms with Gasteiger partial charge in [0.25, 0.3) is 0 Å². The molecule has 124 valence electrons. The van der Waals surface area contributed by atoms with Crippen molar-refractivity contribution in [2.75, 3.05) is 32.8 Å². The van der Waals surface area contributed by atoms with Gasteiger partial charge in [-0.05, 0) is 32.1 Å². The van der Waals surface area contributed by atoms with E-state index in [-0.39, 0.29) is 24.5 Å². The lowest BCUT2D eigenvalue weighted by Gasteiger charge is -2.45. The van der Waals surface area contributed by atoms with Crippen LogP contribution in [0.4, 0.5) is 0 Å². The van der Waals surface area contributed by atoms with E-state index in [4.69, 9.17) is 16.2 Å². The molecule has 2 bridgehead atoms. The van der Waals surface area contributed by atoms with Gasteiger partial charge in [-0.3, -0.25) is 19.4 Å². The Morgan fingerprint density at radius 2 is 2.05 bits per heavy atom. The molecular formula is C15H26N4O3. The first kappa shape index (κ1) is 15.7. The maximum atomic E-state index is 12.1. The van der Waals surface area contributed by atoms with Crippen LogP contribution in [0.25, 0.3) is 0 Å². The lowest BCUT2D eigenvalue weighted by molar-refractivity contribution is -0.135. The molecule has 0 aromatic heterocycles. The lowest BCUT2D eigenvalue weighted by atomic mass is 9.87. The minimum Gasteiger partial charge on any atom is -0.374 e. The molecule has 0 aromatic carbocycles. The number of carbonyl (C=O) groups excluding carboxylic acids is 2. The molecule has 3 saturated heterocycles. The molecule has 0 aromatic rings. The van der Waals surface area contributed by atoms with E-state index in [0.29, 0.717) is 25.7 Å². The summed E-state index contributed by atoms with van der Waals surface area (Å²) in [5.41, 5.74) is 10.5. The molecule has 3 rings (SSSR count). The summed E-state index contributed by atoms with van der Waals surface area (Å²) in [5.74, 6) is -0.508. The molecular weight excluding hydrogens is 284 g/mol. The van der Waals surface area contributed by atoms with Gasteiger partial charge in [-0.1, -0.05) is 0 Å². The highest BCUT2D eigenvalue weighted by molar-refractivity contribution is 5.85. The highest BCUT2D eigenvalue weighted by Crippen LogP contribution is 2.44. The van der Waals surface area contributed by atoms with Gasteiger partial charge in [0.15, 0.2) is 0 Å². The fourth-order valence-electron chi connectivity index (χ4n) is 4.44. The lowest BCUT2D eigenvalue weighted by Crippen LogP contribution is -2.61. The van der Waals surface area contributed by atoms with Crippen molar-refractivity contribution in [2.24, 2.45) is 11.5 Å². The third-order valence-electron chi connectivity index (χ3n) is 5.47. The molecule has 0 radical (unpaired) electrons. The van der Waals surface area contributed by atoms with Crippen LogP contribution in [0.5, 0.6) is 0 Å². The van der Waals surface area contributed by atoms with E-state index >= 15 is 0 Å². The fourth-order valence-corrected chi connectivity index (χ4v) is 4.44. The minimum absolute atomic E-state index is 0.00512. The molecule has 3 aliphatic rings. The SMILES string of the molecule is NC(=O)CN1CCOC(CN2[C@@H]3CCC[C@@]2(C(N)=O)CC3)C1. The maximum absolute atomic E-state index is 12.1. The Hall–Kier alpha value is -1.18. The van der Waals surface area contributed by atoms with Crippen LogP contribution >= 0.6 is 0 Å². The van der Waals surface area contributed by atoms with Crippen molar-refractivity contribution in [3.8, 4) is 0 Å². The number of nitrogens with two attached hydrogens (primary N) is 2. The first-order valence-electron chi connectivity index (χ1n) is 8.20. The topological polar surface area (TPSA) is 102 Å². The summed E-state index contributed by atoms with van der Waals surface area (Å²) in [4.78, 5) is 27.5. The normalized spacial score (nSPS) is 36.4. The molecule has 4 N–H and O–H groups in total. The first-order valence-corrected chi connectivity index (χ1v) is 8.20. The second-order valence-electron chi connectivity index (χ2n) is 6.83. The van der Waals surface area contributed by atoms with Crippen molar-refractivity contribution in [3.05, 3.63) is 0 Å². The summed E-state index contributed by atoms with van der Waals surface area (Å²) >= 11 is 0. The fraction of sp³-hybridized carbons (Fsp3) is 0.867. The number of rotatable bonds is 5. The van der Waals surface area contributed by atoms with E-state index < -0.39 is 5.54 Å². The largest absolute Gasteiger partial charge is 0.374 e. The summed E-state index contributed by atoms with van der Waals surface area (Å²) < 4.78 is 5.85. The second kappa shape index (κ2) is 6.14. The molecule has 1 unspecified atom stereocenters. The van der Waals surface area contributed by atoms with Gasteiger partial charge in [0.05, 0.1) is 19.3 Å². The van der Waals surface area contributed by atoms with Gasteiger partial charge in [0, 0.05) is 25.7 Å². The number of nitrogens with zero attached hydrogens (tertiary/aromatic N) is 2. The summed E-state index contributed by atoms with van der Waals surface area (Å²) in [5, 5.41) is 0. The number of primary amides is 2. The number of ether oxygens (including phenoxy) is 1. The summed E-state index contributed by atoms with van der Waals surface area (Å²) in [6, 6.07) is 0.441. The zero-order valence-electron chi connectivity index (χ0n) is 13.0. The van der Waals surface area contributed by atoms with Gasteiger partial charge in [-0.25, -0.2) is 0 Å². The number of piperidine rings is 1. The minimum atomic E-state index is -0.474. The predicted molar refractivity (Wildman–Crippen MR) is 80.9 cm³/mol. The molecule has 3 fully saturated rings. The number of hydrogen-bond acceptors (Lipinski definition) is 5. The third kappa shape index (κ3) is 2.85. The average Bonchev–Trinajstić information content (AvgIpc) is 2.67. The van der Waals surface area contributed by atoms with Gasteiger partial charge in [-0.2, -0.15) is 0 Å². The number of morpholine rings is 1. The molecule has 0 saturated carbocycles. The quantitative estimate of drug-likeness (QED) is 0.681. The predicted octanol–water partition coefficient (Wildman–Crippen LogP) is -0.955. The first-order chi connectivity index (χ1) is 10.5. The van der Waals surface area contributed by atoms with Crippen LogP contribution in [-0.2, 0) is 14.3 Å². The van der Waals surface area contributed by atoms with Crippen LogP contribution in [0.2, 0.25) is 0 Å².